The van der Waals surface area contributed by atoms with Gasteiger partial charge in [-0.3, -0.25) is 0 Å². The highest BCUT2D eigenvalue weighted by atomic mass is 16.5. The summed E-state index contributed by atoms with van der Waals surface area (Å²) in [5.41, 5.74) is 5.87. The third-order valence-corrected chi connectivity index (χ3v) is 5.51. The van der Waals surface area contributed by atoms with Crippen molar-refractivity contribution in [3.05, 3.63) is 107 Å². The molecule has 0 amide bonds. The highest BCUT2D eigenvalue weighted by Gasteiger charge is 2.19. The number of ether oxygens (including phenoxy) is 2. The predicted octanol–water partition coefficient (Wildman–Crippen LogP) is 5.15. The van der Waals surface area contributed by atoms with Gasteiger partial charge in [0.1, 0.15) is 11.9 Å². The Balaban J connectivity index is 1.68. The van der Waals surface area contributed by atoms with Crippen molar-refractivity contribution in [3.8, 4) is 29.0 Å². The Labute approximate surface area is 192 Å². The summed E-state index contributed by atoms with van der Waals surface area (Å²) < 4.78 is 13.6. The van der Waals surface area contributed by atoms with E-state index < -0.39 is 0 Å². The minimum absolute atomic E-state index is 0.322. The monoisotopic (exact) mass is 434 g/mol. The molecule has 1 atom stereocenters. The van der Waals surface area contributed by atoms with E-state index in [-0.39, 0.29) is 6.10 Å². The summed E-state index contributed by atoms with van der Waals surface area (Å²) >= 11 is 0. The lowest BCUT2D eigenvalue weighted by molar-refractivity contribution is 0.0624. The van der Waals surface area contributed by atoms with Crippen LogP contribution in [0.3, 0.4) is 0 Å². The lowest BCUT2D eigenvalue weighted by atomic mass is 9.97. The Morgan fingerprint density at radius 1 is 0.939 bits per heavy atom. The van der Waals surface area contributed by atoms with E-state index in [4.69, 9.17) is 14.7 Å². The number of nitrogens with zero attached hydrogens (tertiary/aromatic N) is 4. The van der Waals surface area contributed by atoms with Gasteiger partial charge in [-0.05, 0) is 58.7 Å². The molecule has 0 saturated carbocycles. The van der Waals surface area contributed by atoms with Crippen molar-refractivity contribution in [2.75, 3.05) is 7.11 Å². The van der Waals surface area contributed by atoms with Crippen LogP contribution in [0.15, 0.2) is 79.3 Å². The Hall–Kier alpha value is -4.39. The van der Waals surface area contributed by atoms with Crippen molar-refractivity contribution < 1.29 is 9.47 Å². The maximum absolute atomic E-state index is 9.41. The SMILES string of the molecule is COc1ccc(-c2cc(C#N)ccc2COC(c2ccc(C#N)cc2)c2cncn2C)cc1. The van der Waals surface area contributed by atoms with Crippen LogP contribution in [-0.2, 0) is 18.4 Å². The molecule has 0 radical (unpaired) electrons. The van der Waals surface area contributed by atoms with Gasteiger partial charge in [0.15, 0.2) is 0 Å². The lowest BCUT2D eigenvalue weighted by Crippen LogP contribution is -2.11. The van der Waals surface area contributed by atoms with Crippen LogP contribution >= 0.6 is 0 Å². The molecule has 1 unspecified atom stereocenters. The molecule has 0 spiro atoms. The minimum atomic E-state index is -0.371. The van der Waals surface area contributed by atoms with Crippen LogP contribution < -0.4 is 4.74 Å². The van der Waals surface area contributed by atoms with Crippen molar-refractivity contribution in [1.29, 1.82) is 10.5 Å². The van der Waals surface area contributed by atoms with E-state index in [1.807, 2.05) is 60.1 Å². The van der Waals surface area contributed by atoms with Crippen molar-refractivity contribution >= 4 is 0 Å². The summed E-state index contributed by atoms with van der Waals surface area (Å²) in [6.07, 6.45) is 3.15. The molecular formula is C27H22N4O2. The second kappa shape index (κ2) is 9.82. The van der Waals surface area contributed by atoms with Gasteiger partial charge in [0.2, 0.25) is 0 Å². The number of hydrogen-bond donors (Lipinski definition) is 0. The summed E-state index contributed by atoms with van der Waals surface area (Å²) in [5, 5.41) is 18.5. The van der Waals surface area contributed by atoms with Gasteiger partial charge in [-0.15, -0.1) is 0 Å². The van der Waals surface area contributed by atoms with Crippen molar-refractivity contribution in [1.82, 2.24) is 9.55 Å². The average molecular weight is 434 g/mol. The first kappa shape index (κ1) is 21.8. The van der Waals surface area contributed by atoms with E-state index in [1.54, 1.807) is 37.8 Å². The van der Waals surface area contributed by atoms with Gasteiger partial charge in [0, 0.05) is 7.05 Å². The van der Waals surface area contributed by atoms with E-state index in [0.29, 0.717) is 17.7 Å². The summed E-state index contributed by atoms with van der Waals surface area (Å²) in [6, 6.07) is 25.1. The lowest BCUT2D eigenvalue weighted by Gasteiger charge is -2.20. The van der Waals surface area contributed by atoms with Crippen LogP contribution in [-0.4, -0.2) is 16.7 Å². The van der Waals surface area contributed by atoms with Crippen LogP contribution in [0.4, 0.5) is 0 Å². The molecule has 33 heavy (non-hydrogen) atoms. The van der Waals surface area contributed by atoms with E-state index in [0.717, 1.165) is 33.7 Å². The maximum atomic E-state index is 9.41. The topological polar surface area (TPSA) is 83.9 Å². The first-order valence-corrected chi connectivity index (χ1v) is 10.4. The second-order valence-corrected chi connectivity index (χ2v) is 7.57. The number of rotatable bonds is 7. The number of methoxy groups -OCH3 is 1. The fourth-order valence-electron chi connectivity index (χ4n) is 3.69. The van der Waals surface area contributed by atoms with Gasteiger partial charge in [-0.25, -0.2) is 4.98 Å². The summed E-state index contributed by atoms with van der Waals surface area (Å²) in [4.78, 5) is 4.24. The van der Waals surface area contributed by atoms with Gasteiger partial charge in [-0.1, -0.05) is 30.3 Å². The Bertz CT molecular complexity index is 1330. The van der Waals surface area contributed by atoms with Crippen LogP contribution in [0.25, 0.3) is 11.1 Å². The fraction of sp³-hybridized carbons (Fsp3) is 0.148. The van der Waals surface area contributed by atoms with Crippen LogP contribution in [0, 0.1) is 22.7 Å². The van der Waals surface area contributed by atoms with Crippen molar-refractivity contribution in [2.45, 2.75) is 12.7 Å². The van der Waals surface area contributed by atoms with Crippen molar-refractivity contribution in [2.24, 2.45) is 7.05 Å². The summed E-state index contributed by atoms with van der Waals surface area (Å²) in [5.74, 6) is 0.769. The molecule has 4 rings (SSSR count). The van der Waals surface area contributed by atoms with Gasteiger partial charge < -0.3 is 14.0 Å². The molecule has 162 valence electrons. The number of hydrogen-bond acceptors (Lipinski definition) is 5. The standard InChI is InChI=1S/C27H22N4O2/c1-31-18-30-16-26(31)27(22-6-3-19(14-28)4-7-22)33-17-23-8-5-20(15-29)13-25(23)21-9-11-24(32-2)12-10-21/h3-13,16,18,27H,17H2,1-2H3. The molecular weight excluding hydrogens is 412 g/mol. The molecule has 3 aromatic carbocycles. The average Bonchev–Trinajstić information content (AvgIpc) is 3.30. The zero-order valence-electron chi connectivity index (χ0n) is 18.4. The summed E-state index contributed by atoms with van der Waals surface area (Å²) in [7, 11) is 3.55. The van der Waals surface area contributed by atoms with Gasteiger partial charge in [0.05, 0.1) is 55.2 Å². The minimum Gasteiger partial charge on any atom is -0.497 e. The molecule has 0 fully saturated rings. The summed E-state index contributed by atoms with van der Waals surface area (Å²) in [6.45, 7) is 0.322. The molecule has 1 aromatic heterocycles. The second-order valence-electron chi connectivity index (χ2n) is 7.57. The molecule has 1 heterocycles. The molecule has 0 saturated heterocycles. The van der Waals surface area contributed by atoms with E-state index in [2.05, 4.69) is 17.1 Å². The molecule has 0 bridgehead atoms. The Morgan fingerprint density at radius 2 is 1.64 bits per heavy atom. The third kappa shape index (κ3) is 4.77. The molecule has 0 aliphatic rings. The Morgan fingerprint density at radius 3 is 2.24 bits per heavy atom. The zero-order valence-corrected chi connectivity index (χ0v) is 18.4. The zero-order chi connectivity index (χ0) is 23.2. The number of aromatic nitrogens is 2. The van der Waals surface area contributed by atoms with E-state index in [9.17, 15) is 5.26 Å². The normalized spacial score (nSPS) is 11.4. The highest BCUT2D eigenvalue weighted by Crippen LogP contribution is 2.31. The smallest absolute Gasteiger partial charge is 0.124 e. The number of benzene rings is 3. The number of aryl methyl sites for hydroxylation is 1. The quantitative estimate of drug-likeness (QED) is 0.402. The molecule has 0 N–H and O–H groups in total. The van der Waals surface area contributed by atoms with Crippen LogP contribution in [0.1, 0.15) is 34.1 Å². The molecule has 4 aromatic rings. The number of nitriles is 2. The predicted molar refractivity (Wildman–Crippen MR) is 124 cm³/mol. The van der Waals surface area contributed by atoms with Crippen LogP contribution in [0.2, 0.25) is 0 Å². The van der Waals surface area contributed by atoms with E-state index in [1.165, 1.54) is 0 Å². The van der Waals surface area contributed by atoms with Gasteiger partial charge in [-0.2, -0.15) is 10.5 Å². The molecule has 6 heteroatoms. The highest BCUT2D eigenvalue weighted by molar-refractivity contribution is 5.69. The van der Waals surface area contributed by atoms with Crippen LogP contribution in [0.5, 0.6) is 5.75 Å². The van der Waals surface area contributed by atoms with Crippen molar-refractivity contribution in [3.63, 3.8) is 0 Å². The van der Waals surface area contributed by atoms with Gasteiger partial charge in [0.25, 0.3) is 0 Å². The maximum Gasteiger partial charge on any atom is 0.124 e. The first-order valence-electron chi connectivity index (χ1n) is 10.4. The number of imidazole rings is 1. The van der Waals surface area contributed by atoms with Gasteiger partial charge >= 0.3 is 0 Å². The molecule has 0 aliphatic carbocycles. The third-order valence-electron chi connectivity index (χ3n) is 5.51. The van der Waals surface area contributed by atoms with E-state index >= 15 is 0 Å². The Kier molecular flexibility index (Phi) is 6.50. The fourth-order valence-corrected chi connectivity index (χ4v) is 3.69. The molecule has 0 aliphatic heterocycles. The first-order chi connectivity index (χ1) is 16.1. The molecule has 6 nitrogen and oxygen atoms in total. The largest absolute Gasteiger partial charge is 0.497 e.